The number of nitrogens with zero attached hydrogens (tertiary/aromatic N) is 2. The maximum absolute atomic E-state index is 15.5. The van der Waals surface area contributed by atoms with Crippen LogP contribution in [0.2, 0.25) is 0 Å². The van der Waals surface area contributed by atoms with Crippen LogP contribution >= 0.6 is 0 Å². The number of amides is 3. The molecule has 2 aliphatic rings. The van der Waals surface area contributed by atoms with Gasteiger partial charge in [-0.05, 0) is 55.2 Å². The third-order valence-corrected chi connectivity index (χ3v) is 6.66. The molecule has 0 saturated carbocycles. The number of hydrogen-bond acceptors (Lipinski definition) is 4. The second-order valence-corrected chi connectivity index (χ2v) is 8.96. The number of halogens is 1. The molecule has 2 fully saturated rings. The summed E-state index contributed by atoms with van der Waals surface area (Å²) in [7, 11) is 0. The minimum atomic E-state index is -1.52. The Morgan fingerprint density at radius 2 is 1.79 bits per heavy atom. The van der Waals surface area contributed by atoms with Crippen LogP contribution < -0.4 is 10.6 Å². The molecule has 0 radical (unpaired) electrons. The highest BCUT2D eigenvalue weighted by Crippen LogP contribution is 2.37. The van der Waals surface area contributed by atoms with E-state index < -0.39 is 5.67 Å². The summed E-state index contributed by atoms with van der Waals surface area (Å²) in [5, 5.41) is 14.8. The third kappa shape index (κ3) is 5.37. The number of carbonyl (C=O) groups excluding carboxylic acids is 2. The Morgan fingerprint density at radius 1 is 1.12 bits per heavy atom. The second-order valence-electron chi connectivity index (χ2n) is 8.96. The molecule has 4 rings (SSSR count). The lowest BCUT2D eigenvalue weighted by atomic mass is 9.85. The van der Waals surface area contributed by atoms with Crippen molar-refractivity contribution in [1.29, 1.82) is 5.26 Å². The van der Waals surface area contributed by atoms with Crippen LogP contribution in [0, 0.1) is 18.3 Å². The Labute approximate surface area is 198 Å². The van der Waals surface area contributed by atoms with Crippen molar-refractivity contribution in [3.8, 4) is 6.07 Å². The van der Waals surface area contributed by atoms with E-state index >= 15 is 4.39 Å². The van der Waals surface area contributed by atoms with E-state index in [2.05, 4.69) is 10.6 Å². The highest BCUT2D eigenvalue weighted by atomic mass is 19.1. The molecular weight excluding hydrogens is 435 g/mol. The van der Waals surface area contributed by atoms with Crippen LogP contribution in [0.25, 0.3) is 0 Å². The lowest BCUT2D eigenvalue weighted by Crippen LogP contribution is -2.43. The molecule has 2 N–H and O–H groups in total. The van der Waals surface area contributed by atoms with Crippen molar-refractivity contribution in [2.75, 3.05) is 31.6 Å². The standard InChI is InChI=1S/C26H29FN4O3/c1-18-2-5-20(16-23(18)30-25(33)29-22-8-14-34-15-9-22)24(32)31-12-10-26(27,11-13-31)21-6-3-19(17-28)4-7-21/h2-7,16,22H,8-15H2,1H3,(H2,29,30,33). The van der Waals surface area contributed by atoms with Gasteiger partial charge < -0.3 is 20.3 Å². The third-order valence-electron chi connectivity index (χ3n) is 6.66. The van der Waals surface area contributed by atoms with Gasteiger partial charge in [-0.15, -0.1) is 0 Å². The van der Waals surface area contributed by atoms with Crippen LogP contribution in [0.4, 0.5) is 14.9 Å². The van der Waals surface area contributed by atoms with Crippen molar-refractivity contribution in [2.45, 2.75) is 44.3 Å². The summed E-state index contributed by atoms with van der Waals surface area (Å²) in [5.41, 5.74) is 1.39. The van der Waals surface area contributed by atoms with Crippen molar-refractivity contribution in [2.24, 2.45) is 0 Å². The summed E-state index contributed by atoms with van der Waals surface area (Å²) in [6.07, 6.45) is 1.93. The molecule has 34 heavy (non-hydrogen) atoms. The molecule has 7 nitrogen and oxygen atoms in total. The molecule has 2 aromatic rings. The van der Waals surface area contributed by atoms with E-state index in [9.17, 15) is 9.59 Å². The smallest absolute Gasteiger partial charge is 0.319 e. The van der Waals surface area contributed by atoms with Gasteiger partial charge in [0.05, 0.1) is 11.6 Å². The van der Waals surface area contributed by atoms with Crippen LogP contribution in [-0.4, -0.2) is 49.2 Å². The first-order valence-corrected chi connectivity index (χ1v) is 11.6. The number of piperidine rings is 1. The Bertz CT molecular complexity index is 1080. The molecular formula is C26H29FN4O3. The molecule has 0 aromatic heterocycles. The van der Waals surface area contributed by atoms with Gasteiger partial charge in [-0.1, -0.05) is 18.2 Å². The molecule has 2 aromatic carbocycles. The maximum atomic E-state index is 15.5. The first-order chi connectivity index (χ1) is 16.4. The zero-order valence-corrected chi connectivity index (χ0v) is 19.3. The number of anilines is 1. The number of carbonyl (C=O) groups is 2. The van der Waals surface area contributed by atoms with Crippen LogP contribution in [0.1, 0.15) is 52.7 Å². The molecule has 8 heteroatoms. The number of nitrogens with one attached hydrogen (secondary N) is 2. The number of ether oxygens (including phenoxy) is 1. The van der Waals surface area contributed by atoms with E-state index in [1.54, 1.807) is 47.4 Å². The van der Waals surface area contributed by atoms with Crippen LogP contribution in [0.3, 0.4) is 0 Å². The van der Waals surface area contributed by atoms with E-state index in [4.69, 9.17) is 10.00 Å². The van der Waals surface area contributed by atoms with Crippen LogP contribution in [0.5, 0.6) is 0 Å². The quantitative estimate of drug-likeness (QED) is 0.707. The van der Waals surface area contributed by atoms with E-state index in [0.29, 0.717) is 35.6 Å². The largest absolute Gasteiger partial charge is 0.381 e. The summed E-state index contributed by atoms with van der Waals surface area (Å²) in [5.74, 6) is -0.185. The predicted octanol–water partition coefficient (Wildman–Crippen LogP) is 4.27. The lowest BCUT2D eigenvalue weighted by molar-refractivity contribution is 0.0421. The van der Waals surface area contributed by atoms with E-state index in [1.165, 1.54) is 0 Å². The van der Waals surface area contributed by atoms with E-state index in [0.717, 1.165) is 18.4 Å². The SMILES string of the molecule is Cc1ccc(C(=O)N2CCC(F)(c3ccc(C#N)cc3)CC2)cc1NC(=O)NC1CCOCC1. The summed E-state index contributed by atoms with van der Waals surface area (Å²) in [4.78, 5) is 27.2. The van der Waals surface area contributed by atoms with Gasteiger partial charge >= 0.3 is 6.03 Å². The molecule has 0 aliphatic carbocycles. The number of benzene rings is 2. The number of aryl methyl sites for hydroxylation is 1. The van der Waals surface area contributed by atoms with E-state index in [-0.39, 0.29) is 43.9 Å². The predicted molar refractivity (Wildman–Crippen MR) is 126 cm³/mol. The number of hydrogen-bond donors (Lipinski definition) is 2. The zero-order valence-electron chi connectivity index (χ0n) is 19.3. The summed E-state index contributed by atoms with van der Waals surface area (Å²) >= 11 is 0. The molecule has 0 unspecified atom stereocenters. The first kappa shape index (κ1) is 23.7. The second kappa shape index (κ2) is 10.2. The molecule has 2 heterocycles. The average molecular weight is 465 g/mol. The highest BCUT2D eigenvalue weighted by molar-refractivity contribution is 5.97. The molecule has 0 spiro atoms. The van der Waals surface area contributed by atoms with Gasteiger partial charge in [0.15, 0.2) is 0 Å². The topological polar surface area (TPSA) is 94.5 Å². The number of likely N-dealkylation sites (tertiary alicyclic amines) is 1. The average Bonchev–Trinajstić information content (AvgIpc) is 2.86. The minimum Gasteiger partial charge on any atom is -0.381 e. The normalized spacial score (nSPS) is 18.1. The fourth-order valence-electron chi connectivity index (χ4n) is 4.45. The highest BCUT2D eigenvalue weighted by Gasteiger charge is 2.37. The minimum absolute atomic E-state index is 0.0734. The van der Waals surface area contributed by atoms with Gasteiger partial charge in [0, 0.05) is 56.4 Å². The fourth-order valence-corrected chi connectivity index (χ4v) is 4.45. The number of nitriles is 1. The lowest BCUT2D eigenvalue weighted by Gasteiger charge is -2.37. The molecule has 0 bridgehead atoms. The first-order valence-electron chi connectivity index (χ1n) is 11.6. The van der Waals surface area contributed by atoms with Gasteiger partial charge in [0.1, 0.15) is 5.67 Å². The Morgan fingerprint density at radius 3 is 2.44 bits per heavy atom. The Kier molecular flexibility index (Phi) is 7.13. The number of alkyl halides is 1. The molecule has 0 atom stereocenters. The maximum Gasteiger partial charge on any atom is 0.319 e. The van der Waals surface area contributed by atoms with Gasteiger partial charge in [0.25, 0.3) is 5.91 Å². The summed E-state index contributed by atoms with van der Waals surface area (Å²) < 4.78 is 20.9. The van der Waals surface area contributed by atoms with Gasteiger partial charge in [-0.2, -0.15) is 5.26 Å². The molecule has 3 amide bonds. The van der Waals surface area contributed by atoms with Crippen molar-refractivity contribution < 1.29 is 18.7 Å². The molecule has 2 saturated heterocycles. The van der Waals surface area contributed by atoms with Crippen LogP contribution in [-0.2, 0) is 10.4 Å². The van der Waals surface area contributed by atoms with Crippen molar-refractivity contribution in [3.63, 3.8) is 0 Å². The van der Waals surface area contributed by atoms with Crippen molar-refractivity contribution in [3.05, 3.63) is 64.7 Å². The fraction of sp³-hybridized carbons (Fsp3) is 0.423. The number of urea groups is 1. The van der Waals surface area contributed by atoms with Gasteiger partial charge in [-0.3, -0.25) is 4.79 Å². The number of rotatable bonds is 4. The van der Waals surface area contributed by atoms with E-state index in [1.807, 2.05) is 13.0 Å². The van der Waals surface area contributed by atoms with Gasteiger partial charge in [0.2, 0.25) is 0 Å². The van der Waals surface area contributed by atoms with Crippen molar-refractivity contribution >= 4 is 17.6 Å². The van der Waals surface area contributed by atoms with Gasteiger partial charge in [-0.25, -0.2) is 9.18 Å². The zero-order chi connectivity index (χ0) is 24.1. The summed E-state index contributed by atoms with van der Waals surface area (Å²) in [6.45, 7) is 3.71. The Hall–Kier alpha value is -3.44. The molecule has 2 aliphatic heterocycles. The van der Waals surface area contributed by atoms with Crippen molar-refractivity contribution in [1.82, 2.24) is 10.2 Å². The Balaban J connectivity index is 1.38. The monoisotopic (exact) mass is 464 g/mol. The molecule has 178 valence electrons. The van der Waals surface area contributed by atoms with Crippen LogP contribution in [0.15, 0.2) is 42.5 Å². The summed E-state index contributed by atoms with van der Waals surface area (Å²) in [6, 6.07) is 13.6.